The van der Waals surface area contributed by atoms with E-state index in [1.807, 2.05) is 24.3 Å². The topological polar surface area (TPSA) is 58.6 Å². The maximum atomic E-state index is 13.1. The Morgan fingerprint density at radius 2 is 2.00 bits per heavy atom. The molecular formula is C18H26ClNO3. The molecule has 1 aliphatic heterocycles. The second-order valence-corrected chi connectivity index (χ2v) is 7.06. The average molecular weight is 340 g/mol. The van der Waals surface area contributed by atoms with Crippen LogP contribution in [0.25, 0.3) is 0 Å². The first-order chi connectivity index (χ1) is 11.0. The number of nitrogens with one attached hydrogen (secondary N) is 1. The van der Waals surface area contributed by atoms with Crippen LogP contribution in [0.1, 0.15) is 38.7 Å². The summed E-state index contributed by atoms with van der Waals surface area (Å²) in [5.41, 5.74) is 0.171. The van der Waals surface area contributed by atoms with Gasteiger partial charge < -0.3 is 15.2 Å². The summed E-state index contributed by atoms with van der Waals surface area (Å²) in [7, 11) is 0. The lowest BCUT2D eigenvalue weighted by Gasteiger charge is -2.38. The van der Waals surface area contributed by atoms with Crippen LogP contribution in [0.3, 0.4) is 0 Å². The van der Waals surface area contributed by atoms with E-state index in [-0.39, 0.29) is 18.6 Å². The third-order valence-corrected chi connectivity index (χ3v) is 4.81. The molecule has 2 rings (SSSR count). The maximum absolute atomic E-state index is 13.1. The van der Waals surface area contributed by atoms with Crippen LogP contribution in [0.4, 0.5) is 0 Å². The highest BCUT2D eigenvalue weighted by molar-refractivity contribution is 6.31. The molecule has 4 nitrogen and oxygen atoms in total. The number of carbonyl (C=O) groups excluding carboxylic acids is 1. The Hall–Kier alpha value is -1.10. The summed E-state index contributed by atoms with van der Waals surface area (Å²) < 4.78 is 5.46. The summed E-state index contributed by atoms with van der Waals surface area (Å²) in [6.07, 6.45) is 1.95. The molecule has 5 heteroatoms. The first kappa shape index (κ1) is 18.2. The number of aliphatic hydroxyl groups excluding tert-OH is 1. The van der Waals surface area contributed by atoms with Crippen molar-refractivity contribution in [2.75, 3.05) is 19.8 Å². The minimum Gasteiger partial charge on any atom is -0.394 e. The third kappa shape index (κ3) is 4.25. The van der Waals surface area contributed by atoms with Gasteiger partial charge in [0.1, 0.15) is 0 Å². The Kier molecular flexibility index (Phi) is 6.45. The Morgan fingerprint density at radius 1 is 1.35 bits per heavy atom. The van der Waals surface area contributed by atoms with E-state index in [0.717, 1.165) is 12.0 Å². The highest BCUT2D eigenvalue weighted by atomic mass is 35.5. The zero-order chi connectivity index (χ0) is 16.9. The second kappa shape index (κ2) is 8.13. The van der Waals surface area contributed by atoms with Crippen molar-refractivity contribution in [2.24, 2.45) is 5.92 Å². The van der Waals surface area contributed by atoms with Crippen molar-refractivity contribution in [3.8, 4) is 0 Å². The molecule has 1 heterocycles. The molecule has 1 aromatic rings. The largest absolute Gasteiger partial charge is 0.394 e. The predicted octanol–water partition coefficient (Wildman–Crippen LogP) is 2.91. The summed E-state index contributed by atoms with van der Waals surface area (Å²) in [6.45, 7) is 5.17. The zero-order valence-electron chi connectivity index (χ0n) is 13.8. The number of carbonyl (C=O) groups is 1. The zero-order valence-corrected chi connectivity index (χ0v) is 14.6. The number of aliphatic hydroxyl groups is 1. The molecule has 1 unspecified atom stereocenters. The van der Waals surface area contributed by atoms with Crippen LogP contribution < -0.4 is 5.32 Å². The van der Waals surface area contributed by atoms with Gasteiger partial charge in [-0.3, -0.25) is 4.79 Å². The van der Waals surface area contributed by atoms with E-state index in [9.17, 15) is 9.90 Å². The Labute approximate surface area is 143 Å². The summed E-state index contributed by atoms with van der Waals surface area (Å²) in [6, 6.07) is 7.28. The molecule has 1 fully saturated rings. The minimum atomic E-state index is -0.680. The van der Waals surface area contributed by atoms with Crippen molar-refractivity contribution in [3.63, 3.8) is 0 Å². The summed E-state index contributed by atoms with van der Waals surface area (Å²) in [4.78, 5) is 13.1. The Bertz CT molecular complexity index is 527. The van der Waals surface area contributed by atoms with Gasteiger partial charge in [0.05, 0.1) is 18.1 Å². The van der Waals surface area contributed by atoms with Crippen LogP contribution in [-0.4, -0.2) is 36.9 Å². The van der Waals surface area contributed by atoms with E-state index in [4.69, 9.17) is 16.3 Å². The van der Waals surface area contributed by atoms with Crippen molar-refractivity contribution >= 4 is 17.5 Å². The number of hydrogen-bond donors (Lipinski definition) is 2. The van der Waals surface area contributed by atoms with Crippen molar-refractivity contribution in [3.05, 3.63) is 34.9 Å². The molecule has 0 aliphatic carbocycles. The van der Waals surface area contributed by atoms with E-state index in [1.165, 1.54) is 0 Å². The highest BCUT2D eigenvalue weighted by Gasteiger charge is 2.43. The Balaban J connectivity index is 2.28. The van der Waals surface area contributed by atoms with Gasteiger partial charge in [0.25, 0.3) is 0 Å². The van der Waals surface area contributed by atoms with E-state index in [0.29, 0.717) is 37.0 Å². The van der Waals surface area contributed by atoms with Crippen LogP contribution >= 0.6 is 11.6 Å². The molecule has 1 amide bonds. The molecule has 1 atom stereocenters. The smallest absolute Gasteiger partial charge is 0.231 e. The molecule has 0 aromatic heterocycles. The summed E-state index contributed by atoms with van der Waals surface area (Å²) in [5.74, 6) is 0.340. The lowest BCUT2D eigenvalue weighted by molar-refractivity contribution is -0.131. The molecule has 0 spiro atoms. The number of rotatable bonds is 6. The van der Waals surface area contributed by atoms with Crippen LogP contribution in [0.5, 0.6) is 0 Å². The van der Waals surface area contributed by atoms with Crippen molar-refractivity contribution in [1.29, 1.82) is 0 Å². The summed E-state index contributed by atoms with van der Waals surface area (Å²) in [5, 5.41) is 13.2. The van der Waals surface area contributed by atoms with Crippen molar-refractivity contribution in [2.45, 2.75) is 44.6 Å². The van der Waals surface area contributed by atoms with Crippen LogP contribution in [0.15, 0.2) is 24.3 Å². The Morgan fingerprint density at radius 3 is 2.57 bits per heavy atom. The van der Waals surface area contributed by atoms with Gasteiger partial charge in [-0.2, -0.15) is 0 Å². The van der Waals surface area contributed by atoms with Crippen molar-refractivity contribution < 1.29 is 14.6 Å². The van der Waals surface area contributed by atoms with Gasteiger partial charge in [-0.15, -0.1) is 0 Å². The van der Waals surface area contributed by atoms with Crippen LogP contribution in [0, 0.1) is 5.92 Å². The molecule has 23 heavy (non-hydrogen) atoms. The highest BCUT2D eigenvalue weighted by Crippen LogP contribution is 2.39. The molecule has 1 aromatic carbocycles. The number of benzene rings is 1. The lowest BCUT2D eigenvalue weighted by atomic mass is 9.73. The molecule has 128 valence electrons. The van der Waals surface area contributed by atoms with Gasteiger partial charge >= 0.3 is 0 Å². The number of hydrogen-bond acceptors (Lipinski definition) is 3. The first-order valence-electron chi connectivity index (χ1n) is 8.24. The minimum absolute atomic E-state index is 0.0565. The van der Waals surface area contributed by atoms with E-state index < -0.39 is 5.41 Å². The van der Waals surface area contributed by atoms with Gasteiger partial charge in [-0.05, 0) is 36.8 Å². The standard InChI is InChI=1S/C18H26ClNO3/c1-13(2)11-14(12-21)20-17(22)18(7-9-23-10-8-18)15-5-3-4-6-16(15)19/h3-6,13-14,21H,7-12H2,1-2H3,(H,20,22). The van der Waals surface area contributed by atoms with Gasteiger partial charge in [0.15, 0.2) is 0 Å². The van der Waals surface area contributed by atoms with E-state index in [1.54, 1.807) is 0 Å². The SMILES string of the molecule is CC(C)CC(CO)NC(=O)C1(c2ccccc2Cl)CCOCC1. The lowest BCUT2D eigenvalue weighted by Crippen LogP contribution is -2.52. The fourth-order valence-electron chi connectivity index (χ4n) is 3.26. The normalized spacial score (nSPS) is 18.7. The summed E-state index contributed by atoms with van der Waals surface area (Å²) >= 11 is 6.38. The quantitative estimate of drug-likeness (QED) is 0.837. The number of ether oxygens (including phenoxy) is 1. The van der Waals surface area contributed by atoms with E-state index >= 15 is 0 Å². The monoisotopic (exact) mass is 339 g/mol. The van der Waals surface area contributed by atoms with Crippen LogP contribution in [-0.2, 0) is 14.9 Å². The molecule has 2 N–H and O–H groups in total. The van der Waals surface area contributed by atoms with Crippen molar-refractivity contribution in [1.82, 2.24) is 5.32 Å². The molecule has 0 bridgehead atoms. The fourth-order valence-corrected chi connectivity index (χ4v) is 3.58. The van der Waals surface area contributed by atoms with E-state index in [2.05, 4.69) is 19.2 Å². The average Bonchev–Trinajstić information content (AvgIpc) is 2.54. The molecule has 1 aliphatic rings. The number of halogens is 1. The third-order valence-electron chi connectivity index (χ3n) is 4.48. The first-order valence-corrected chi connectivity index (χ1v) is 8.62. The van der Waals surface area contributed by atoms with Gasteiger partial charge in [0, 0.05) is 18.2 Å². The molecular weight excluding hydrogens is 314 g/mol. The van der Waals surface area contributed by atoms with Gasteiger partial charge in [-0.1, -0.05) is 43.6 Å². The molecule has 0 radical (unpaired) electrons. The maximum Gasteiger partial charge on any atom is 0.231 e. The molecule has 0 saturated carbocycles. The van der Waals surface area contributed by atoms with Crippen LogP contribution in [0.2, 0.25) is 5.02 Å². The number of amides is 1. The van der Waals surface area contributed by atoms with Gasteiger partial charge in [-0.25, -0.2) is 0 Å². The van der Waals surface area contributed by atoms with Gasteiger partial charge in [0.2, 0.25) is 5.91 Å². The molecule has 1 saturated heterocycles. The predicted molar refractivity (Wildman–Crippen MR) is 91.7 cm³/mol. The fraction of sp³-hybridized carbons (Fsp3) is 0.611. The second-order valence-electron chi connectivity index (χ2n) is 6.66.